The molecule has 0 unspecified atom stereocenters. The number of halogens is 1. The van der Waals surface area contributed by atoms with Crippen LogP contribution in [0.1, 0.15) is 46.1 Å². The summed E-state index contributed by atoms with van der Waals surface area (Å²) < 4.78 is 30.1. The fourth-order valence-corrected chi connectivity index (χ4v) is 5.57. The fourth-order valence-electron chi connectivity index (χ4n) is 5.57. The number of primary amides is 1. The Kier molecular flexibility index (Phi) is 13.4. The Morgan fingerprint density at radius 1 is 1.11 bits per heavy atom. The molecule has 0 saturated heterocycles. The zero-order chi connectivity index (χ0) is 34.8. The zero-order valence-corrected chi connectivity index (χ0v) is 27.5. The number of Topliss-reactive ketones (excluding diaryl/α,β-unsaturated/α-hetero) is 1. The van der Waals surface area contributed by atoms with Crippen molar-refractivity contribution in [3.63, 3.8) is 0 Å². The van der Waals surface area contributed by atoms with Gasteiger partial charge in [-0.2, -0.15) is 0 Å². The van der Waals surface area contributed by atoms with Crippen LogP contribution in [0.3, 0.4) is 0 Å². The Morgan fingerprint density at radius 3 is 2.40 bits per heavy atom. The number of amides is 2. The van der Waals surface area contributed by atoms with Crippen molar-refractivity contribution in [1.82, 2.24) is 10.6 Å². The molecule has 254 valence electrons. The molecule has 47 heavy (non-hydrogen) atoms. The van der Waals surface area contributed by atoms with E-state index in [0.29, 0.717) is 17.6 Å². The maximum absolute atomic E-state index is 13.8. The standard InChI is InChI=1S/C35H44FN3O8/c1-19-14-25-30(38-18-23-10-12-24(36)13-11-23)27(40)17-26(32(25)42)39-34(43)20(2)8-7-9-28(45-5)33(47-35(37)44)22(4)16-21(3)31(41)29(15-19)46-6/h7-13,16-17,19,21,28-29,31,33,38,41H,14-15,18H2,1-6H3,(H2,37,44)(H,39,43)/b9-7-,20-8+,22-16+/t19-,21+,28+,29+,31-,33-/m1/s1. The molecule has 1 aliphatic heterocycles. The lowest BCUT2D eigenvalue weighted by molar-refractivity contribution is -0.120. The van der Waals surface area contributed by atoms with Gasteiger partial charge in [0.25, 0.3) is 5.91 Å². The number of ketones is 2. The first-order valence-electron chi connectivity index (χ1n) is 15.3. The van der Waals surface area contributed by atoms with Crippen LogP contribution >= 0.6 is 0 Å². The Bertz CT molecular complexity index is 1490. The van der Waals surface area contributed by atoms with E-state index in [4.69, 9.17) is 19.9 Å². The second-order valence-corrected chi connectivity index (χ2v) is 11.9. The van der Waals surface area contributed by atoms with Gasteiger partial charge in [-0.3, -0.25) is 14.4 Å². The maximum atomic E-state index is 13.8. The average Bonchev–Trinajstić information content (AvgIpc) is 3.02. The minimum absolute atomic E-state index is 0.0813. The van der Waals surface area contributed by atoms with Gasteiger partial charge in [-0.05, 0) is 55.9 Å². The highest BCUT2D eigenvalue weighted by Crippen LogP contribution is 2.29. The predicted octanol–water partition coefficient (Wildman–Crippen LogP) is 3.69. The summed E-state index contributed by atoms with van der Waals surface area (Å²) in [6.07, 6.45) is 3.43. The van der Waals surface area contributed by atoms with Gasteiger partial charge in [0.05, 0.1) is 23.6 Å². The highest BCUT2D eigenvalue weighted by molar-refractivity contribution is 6.23. The molecule has 1 heterocycles. The monoisotopic (exact) mass is 653 g/mol. The van der Waals surface area contributed by atoms with Crippen molar-refractivity contribution in [3.05, 3.63) is 94.1 Å². The lowest BCUT2D eigenvalue weighted by Gasteiger charge is -2.30. The fraction of sp³-hybridized carbons (Fsp3) is 0.429. The van der Waals surface area contributed by atoms with Gasteiger partial charge in [0.1, 0.15) is 11.9 Å². The number of carbonyl (C=O) groups is 4. The topological polar surface area (TPSA) is 166 Å². The molecular weight excluding hydrogens is 609 g/mol. The minimum atomic E-state index is -1.01. The second kappa shape index (κ2) is 17.0. The largest absolute Gasteiger partial charge is 0.439 e. The first kappa shape index (κ1) is 37.1. The van der Waals surface area contributed by atoms with Crippen molar-refractivity contribution >= 4 is 23.6 Å². The van der Waals surface area contributed by atoms with E-state index in [2.05, 4.69) is 10.6 Å². The summed E-state index contributed by atoms with van der Waals surface area (Å²) in [5.41, 5.74) is 6.91. The molecule has 11 nitrogen and oxygen atoms in total. The third kappa shape index (κ3) is 10.0. The summed E-state index contributed by atoms with van der Waals surface area (Å²) in [5.74, 6) is -2.78. The number of allylic oxidation sites excluding steroid dienone is 4. The van der Waals surface area contributed by atoms with E-state index in [0.717, 1.165) is 6.08 Å². The van der Waals surface area contributed by atoms with Gasteiger partial charge >= 0.3 is 6.09 Å². The molecule has 1 aliphatic carbocycles. The molecule has 1 aromatic rings. The van der Waals surface area contributed by atoms with Crippen LogP contribution in [0.4, 0.5) is 9.18 Å². The highest BCUT2D eigenvalue weighted by atomic mass is 19.1. The van der Waals surface area contributed by atoms with Crippen molar-refractivity contribution in [1.29, 1.82) is 0 Å². The van der Waals surface area contributed by atoms with Crippen LogP contribution in [0.2, 0.25) is 0 Å². The van der Waals surface area contributed by atoms with E-state index in [9.17, 15) is 28.7 Å². The van der Waals surface area contributed by atoms with Crippen LogP contribution in [-0.2, 0) is 35.1 Å². The first-order valence-corrected chi connectivity index (χ1v) is 15.3. The highest BCUT2D eigenvalue weighted by Gasteiger charge is 2.33. The number of nitrogens with two attached hydrogens (primary N) is 1. The predicted molar refractivity (Wildman–Crippen MR) is 173 cm³/mol. The summed E-state index contributed by atoms with van der Waals surface area (Å²) >= 11 is 0. The number of hydrogen-bond donors (Lipinski definition) is 4. The molecule has 1 aromatic carbocycles. The smallest absolute Gasteiger partial charge is 0.405 e. The minimum Gasteiger partial charge on any atom is -0.439 e. The Hall–Kier alpha value is -4.39. The van der Waals surface area contributed by atoms with Gasteiger partial charge < -0.3 is 35.7 Å². The number of hydrogen-bond acceptors (Lipinski definition) is 9. The average molecular weight is 654 g/mol. The molecule has 0 aromatic heterocycles. The van der Waals surface area contributed by atoms with E-state index >= 15 is 0 Å². The SMILES string of the molecule is CO[C@H]1/C=C\C=C(/C)C(=O)NC2=CC(=O)C(NCc3ccc(F)cc3)=C(C[C@@H](C)C[C@H](OC)[C@H](O)[C@@H](C)/C=C(\C)[C@H]1OC(N)=O)C2=O. The maximum Gasteiger partial charge on any atom is 0.405 e. The molecule has 0 spiro atoms. The van der Waals surface area contributed by atoms with Crippen molar-refractivity contribution in [3.8, 4) is 0 Å². The van der Waals surface area contributed by atoms with Crippen LogP contribution in [0.15, 0.2) is 82.8 Å². The summed E-state index contributed by atoms with van der Waals surface area (Å²) in [6.45, 7) is 7.06. The number of aliphatic hydroxyl groups excluding tert-OH is 1. The third-order valence-corrected chi connectivity index (χ3v) is 8.18. The first-order chi connectivity index (χ1) is 22.2. The van der Waals surface area contributed by atoms with Crippen LogP contribution in [-0.4, -0.2) is 67.3 Å². The van der Waals surface area contributed by atoms with E-state index in [1.807, 2.05) is 6.92 Å². The van der Waals surface area contributed by atoms with Crippen molar-refractivity contribution in [2.24, 2.45) is 17.6 Å². The van der Waals surface area contributed by atoms with E-state index in [-0.39, 0.29) is 41.4 Å². The van der Waals surface area contributed by atoms with Gasteiger partial charge in [0.2, 0.25) is 11.6 Å². The normalized spacial score (nSPS) is 29.5. The van der Waals surface area contributed by atoms with Crippen molar-refractivity contribution in [2.75, 3.05) is 14.2 Å². The summed E-state index contributed by atoms with van der Waals surface area (Å²) in [4.78, 5) is 52.1. The van der Waals surface area contributed by atoms with Crippen molar-refractivity contribution < 1.29 is 42.9 Å². The number of fused-ring (bicyclic) bond motifs is 2. The van der Waals surface area contributed by atoms with Gasteiger partial charge in [0, 0.05) is 43.9 Å². The molecule has 6 atom stereocenters. The van der Waals surface area contributed by atoms with Crippen LogP contribution in [0, 0.1) is 17.7 Å². The van der Waals surface area contributed by atoms with E-state index < -0.39 is 59.7 Å². The van der Waals surface area contributed by atoms with Gasteiger partial charge in [-0.25, -0.2) is 9.18 Å². The quantitative estimate of drug-likeness (QED) is 0.265. The molecule has 2 aliphatic rings. The van der Waals surface area contributed by atoms with E-state index in [1.54, 1.807) is 38.1 Å². The van der Waals surface area contributed by atoms with Gasteiger partial charge in [-0.15, -0.1) is 0 Å². The number of benzene rings is 1. The van der Waals surface area contributed by atoms with Crippen molar-refractivity contribution in [2.45, 2.75) is 71.5 Å². The van der Waals surface area contributed by atoms with Crippen LogP contribution < -0.4 is 16.4 Å². The summed E-state index contributed by atoms with van der Waals surface area (Å²) in [6, 6.07) is 5.74. The number of carbonyl (C=O) groups excluding carboxylic acids is 4. The third-order valence-electron chi connectivity index (χ3n) is 8.18. The summed E-state index contributed by atoms with van der Waals surface area (Å²) in [7, 11) is 2.89. The lowest BCUT2D eigenvalue weighted by Crippen LogP contribution is -2.37. The molecule has 0 fully saturated rings. The molecule has 12 heteroatoms. The van der Waals surface area contributed by atoms with E-state index in [1.165, 1.54) is 45.4 Å². The lowest BCUT2D eigenvalue weighted by atomic mass is 9.85. The molecule has 2 bridgehead atoms. The zero-order valence-electron chi connectivity index (χ0n) is 27.5. The number of aliphatic hydroxyl groups is 1. The van der Waals surface area contributed by atoms with Crippen LogP contribution in [0.25, 0.3) is 0 Å². The van der Waals surface area contributed by atoms with Gasteiger partial charge in [0.15, 0.2) is 6.10 Å². The molecule has 0 radical (unpaired) electrons. The van der Waals surface area contributed by atoms with Gasteiger partial charge in [-0.1, -0.05) is 50.3 Å². The number of ether oxygens (including phenoxy) is 3. The second-order valence-electron chi connectivity index (χ2n) is 11.9. The Balaban J connectivity index is 2.06. The number of nitrogens with one attached hydrogen (secondary N) is 2. The summed E-state index contributed by atoms with van der Waals surface area (Å²) in [5, 5.41) is 16.9. The van der Waals surface area contributed by atoms with Crippen LogP contribution in [0.5, 0.6) is 0 Å². The number of rotatable bonds is 6. The molecular formula is C35H44FN3O8. The molecule has 2 amide bonds. The molecule has 0 saturated carbocycles. The molecule has 3 rings (SSSR count). The number of methoxy groups -OCH3 is 2. The molecule has 5 N–H and O–H groups in total. The Morgan fingerprint density at radius 2 is 1.79 bits per heavy atom. The Labute approximate surface area is 274 Å².